The van der Waals surface area contributed by atoms with Gasteiger partial charge in [0.05, 0.1) is 38.6 Å². The first kappa shape index (κ1) is 25.0. The van der Waals surface area contributed by atoms with Gasteiger partial charge in [-0.25, -0.2) is 0 Å². The number of hydrazone groups is 1. The van der Waals surface area contributed by atoms with Crippen LogP contribution in [0.2, 0.25) is 0 Å². The summed E-state index contributed by atoms with van der Waals surface area (Å²) in [6.07, 6.45) is 1.37. The molecule has 0 spiro atoms. The highest BCUT2D eigenvalue weighted by Gasteiger charge is 2.19. The second-order valence-electron chi connectivity index (χ2n) is 6.83. The lowest BCUT2D eigenvalue weighted by Crippen LogP contribution is -2.01. The Bertz CT molecular complexity index is 1310. The van der Waals surface area contributed by atoms with Crippen LogP contribution < -0.4 is 14.9 Å². The zero-order chi connectivity index (χ0) is 25.5. The number of nitro groups is 3. The third-order valence-electron chi connectivity index (χ3n) is 4.57. The van der Waals surface area contributed by atoms with Crippen LogP contribution >= 0.6 is 15.9 Å². The van der Waals surface area contributed by atoms with Gasteiger partial charge < -0.3 is 9.47 Å². The Hall–Kier alpha value is -4.59. The predicted molar refractivity (Wildman–Crippen MR) is 129 cm³/mol. The van der Waals surface area contributed by atoms with Crippen LogP contribution in [0, 0.1) is 30.3 Å². The monoisotopic (exact) mass is 545 g/mol. The number of nitrogens with zero attached hydrogens (tertiary/aromatic N) is 4. The fourth-order valence-electron chi connectivity index (χ4n) is 2.88. The number of rotatable bonds is 10. The summed E-state index contributed by atoms with van der Waals surface area (Å²) in [6.45, 7) is 0.131. The van der Waals surface area contributed by atoms with Gasteiger partial charge in [0.2, 0.25) is 0 Å². The Morgan fingerprint density at radius 3 is 2.20 bits per heavy atom. The number of hydrogen-bond donors (Lipinski definition) is 1. The van der Waals surface area contributed by atoms with Crippen molar-refractivity contribution in [3.8, 4) is 11.5 Å². The average molecular weight is 546 g/mol. The van der Waals surface area contributed by atoms with Gasteiger partial charge in [-0.1, -0.05) is 0 Å². The Kier molecular flexibility index (Phi) is 7.88. The number of non-ortho nitro benzene ring substituents is 2. The maximum Gasteiger partial charge on any atom is 0.301 e. The number of anilines is 1. The second kappa shape index (κ2) is 11.0. The van der Waals surface area contributed by atoms with E-state index in [-0.39, 0.29) is 18.0 Å². The molecule has 0 aromatic heterocycles. The van der Waals surface area contributed by atoms with Gasteiger partial charge in [0.1, 0.15) is 12.3 Å². The molecule has 3 aromatic carbocycles. The highest BCUT2D eigenvalue weighted by molar-refractivity contribution is 9.10. The van der Waals surface area contributed by atoms with E-state index in [0.29, 0.717) is 27.1 Å². The van der Waals surface area contributed by atoms with Crippen molar-refractivity contribution in [2.75, 3.05) is 12.5 Å². The molecule has 35 heavy (non-hydrogen) atoms. The summed E-state index contributed by atoms with van der Waals surface area (Å²) in [5.74, 6) is 0.756. The summed E-state index contributed by atoms with van der Waals surface area (Å²) in [7, 11) is 1.44. The molecule has 0 amide bonds. The molecule has 0 aliphatic rings. The molecular formula is C21H16BrN5O8. The summed E-state index contributed by atoms with van der Waals surface area (Å²) in [4.78, 5) is 30.9. The van der Waals surface area contributed by atoms with Gasteiger partial charge >= 0.3 is 5.69 Å². The first-order valence-electron chi connectivity index (χ1n) is 9.65. The topological polar surface area (TPSA) is 172 Å². The molecule has 1 N–H and O–H groups in total. The molecule has 14 heteroatoms. The zero-order valence-corrected chi connectivity index (χ0v) is 19.5. The van der Waals surface area contributed by atoms with Gasteiger partial charge in [0.25, 0.3) is 11.4 Å². The second-order valence-corrected chi connectivity index (χ2v) is 7.69. The van der Waals surface area contributed by atoms with E-state index in [2.05, 4.69) is 26.5 Å². The molecule has 0 bridgehead atoms. The number of ether oxygens (including phenoxy) is 2. The molecule has 0 saturated heterocycles. The van der Waals surface area contributed by atoms with E-state index in [0.717, 1.165) is 12.1 Å². The fourth-order valence-corrected chi connectivity index (χ4v) is 3.45. The van der Waals surface area contributed by atoms with Crippen molar-refractivity contribution in [3.63, 3.8) is 0 Å². The van der Waals surface area contributed by atoms with Gasteiger partial charge in [0.15, 0.2) is 11.5 Å². The van der Waals surface area contributed by atoms with Crippen molar-refractivity contribution in [1.29, 1.82) is 0 Å². The van der Waals surface area contributed by atoms with E-state index in [1.54, 1.807) is 24.3 Å². The largest absolute Gasteiger partial charge is 0.493 e. The van der Waals surface area contributed by atoms with Crippen LogP contribution in [-0.4, -0.2) is 28.1 Å². The Balaban J connectivity index is 1.75. The molecule has 0 heterocycles. The third kappa shape index (κ3) is 6.26. The lowest BCUT2D eigenvalue weighted by molar-refractivity contribution is -0.393. The van der Waals surface area contributed by atoms with E-state index < -0.39 is 26.1 Å². The Morgan fingerprint density at radius 1 is 0.943 bits per heavy atom. The SMILES string of the molecule is COc1cc(/C=N\Nc2ccc([N+](=O)[O-])cc2[N+](=O)[O-])cc(Br)c1OCc1ccc([N+](=O)[O-])cc1. The third-order valence-corrected chi connectivity index (χ3v) is 5.16. The van der Waals surface area contributed by atoms with Crippen LogP contribution in [0.15, 0.2) is 64.2 Å². The Labute approximate surface area is 205 Å². The molecule has 3 aromatic rings. The molecule has 3 rings (SSSR count). The van der Waals surface area contributed by atoms with Crippen LogP contribution in [0.1, 0.15) is 11.1 Å². The van der Waals surface area contributed by atoms with Crippen LogP contribution in [0.25, 0.3) is 0 Å². The quantitative estimate of drug-likeness (QED) is 0.204. The number of benzene rings is 3. The van der Waals surface area contributed by atoms with E-state index in [4.69, 9.17) is 9.47 Å². The predicted octanol–water partition coefficient (Wildman–Crippen LogP) is 5.21. The lowest BCUT2D eigenvalue weighted by atomic mass is 10.2. The first-order valence-corrected chi connectivity index (χ1v) is 10.4. The zero-order valence-electron chi connectivity index (χ0n) is 17.9. The minimum absolute atomic E-state index is 0.0223. The minimum atomic E-state index is -0.748. The minimum Gasteiger partial charge on any atom is -0.493 e. The molecule has 0 aliphatic heterocycles. The fraction of sp³-hybridized carbons (Fsp3) is 0.0952. The van der Waals surface area contributed by atoms with Crippen molar-refractivity contribution >= 4 is 44.9 Å². The highest BCUT2D eigenvalue weighted by Crippen LogP contribution is 2.37. The molecule has 0 atom stereocenters. The van der Waals surface area contributed by atoms with Gasteiger partial charge in [-0.2, -0.15) is 5.10 Å². The number of methoxy groups -OCH3 is 1. The molecule has 0 unspecified atom stereocenters. The number of nitrogens with one attached hydrogen (secondary N) is 1. The van der Waals surface area contributed by atoms with Crippen molar-refractivity contribution in [1.82, 2.24) is 0 Å². The standard InChI is InChI=1S/C21H16BrN5O8/c1-34-20-9-14(11-23-24-18-7-6-16(26(30)31)10-19(18)27(32)33)8-17(22)21(20)35-12-13-2-4-15(5-3-13)25(28)29/h2-11,24H,12H2,1H3/b23-11-. The molecule has 0 fully saturated rings. The molecule has 0 saturated carbocycles. The first-order chi connectivity index (χ1) is 16.7. The van der Waals surface area contributed by atoms with E-state index in [9.17, 15) is 30.3 Å². The van der Waals surface area contributed by atoms with E-state index in [1.807, 2.05) is 0 Å². The normalized spacial score (nSPS) is 10.7. The number of halogens is 1. The summed E-state index contributed by atoms with van der Waals surface area (Å²) in [5, 5.41) is 36.8. The van der Waals surface area contributed by atoms with E-state index in [1.165, 1.54) is 31.5 Å². The van der Waals surface area contributed by atoms with Gasteiger partial charge in [-0.05, 0) is 57.4 Å². The average Bonchev–Trinajstić information content (AvgIpc) is 2.83. The van der Waals surface area contributed by atoms with Crippen molar-refractivity contribution in [3.05, 3.63) is 101 Å². The summed E-state index contributed by atoms with van der Waals surface area (Å²) in [6, 6.07) is 12.4. The van der Waals surface area contributed by atoms with Crippen LogP contribution in [0.5, 0.6) is 11.5 Å². The highest BCUT2D eigenvalue weighted by atomic mass is 79.9. The molecule has 13 nitrogen and oxygen atoms in total. The number of hydrogen-bond acceptors (Lipinski definition) is 10. The summed E-state index contributed by atoms with van der Waals surface area (Å²) >= 11 is 3.40. The molecule has 180 valence electrons. The van der Waals surface area contributed by atoms with Gasteiger partial charge in [-0.15, -0.1) is 0 Å². The van der Waals surface area contributed by atoms with Gasteiger partial charge in [-0.3, -0.25) is 35.8 Å². The molecule has 0 radical (unpaired) electrons. The Morgan fingerprint density at radius 2 is 1.60 bits per heavy atom. The van der Waals surface area contributed by atoms with Crippen LogP contribution in [0.4, 0.5) is 22.7 Å². The molecular weight excluding hydrogens is 530 g/mol. The molecule has 0 aliphatic carbocycles. The van der Waals surface area contributed by atoms with Gasteiger partial charge in [0, 0.05) is 18.2 Å². The van der Waals surface area contributed by atoms with E-state index >= 15 is 0 Å². The van der Waals surface area contributed by atoms with Crippen LogP contribution in [0.3, 0.4) is 0 Å². The summed E-state index contributed by atoms with van der Waals surface area (Å²) < 4.78 is 11.7. The maximum absolute atomic E-state index is 11.2. The van der Waals surface area contributed by atoms with Crippen molar-refractivity contribution < 1.29 is 24.2 Å². The number of nitro benzene ring substituents is 3. The van der Waals surface area contributed by atoms with Crippen molar-refractivity contribution in [2.24, 2.45) is 5.10 Å². The smallest absolute Gasteiger partial charge is 0.301 e. The summed E-state index contributed by atoms with van der Waals surface area (Å²) in [5.41, 5.74) is 2.82. The maximum atomic E-state index is 11.2. The van der Waals surface area contributed by atoms with Crippen LogP contribution in [-0.2, 0) is 6.61 Å². The van der Waals surface area contributed by atoms with Crippen molar-refractivity contribution in [2.45, 2.75) is 6.61 Å². The lowest BCUT2D eigenvalue weighted by Gasteiger charge is -2.13.